The van der Waals surface area contributed by atoms with Gasteiger partial charge in [-0.2, -0.15) is 0 Å². The summed E-state index contributed by atoms with van der Waals surface area (Å²) < 4.78 is 12.9. The van der Waals surface area contributed by atoms with E-state index in [9.17, 15) is 67.8 Å². The number of aliphatic carboxylic acids is 3. The zero-order chi connectivity index (χ0) is 46.6. The molecule has 6 amide bonds. The van der Waals surface area contributed by atoms with Gasteiger partial charge < -0.3 is 57.3 Å². The Morgan fingerprint density at radius 3 is 1.72 bits per heavy atom. The van der Waals surface area contributed by atoms with Crippen molar-refractivity contribution in [3.05, 3.63) is 35.4 Å². The maximum Gasteiger partial charge on any atom is 0.475 e. The Morgan fingerprint density at radius 1 is 0.656 bits per heavy atom. The van der Waals surface area contributed by atoms with Crippen molar-refractivity contribution in [2.45, 2.75) is 135 Å². The highest BCUT2D eigenvalue weighted by molar-refractivity contribution is 6.43. The van der Waals surface area contributed by atoms with E-state index in [2.05, 4.69) is 31.9 Å². The van der Waals surface area contributed by atoms with Crippen LogP contribution >= 0.6 is 0 Å². The summed E-state index contributed by atoms with van der Waals surface area (Å²) in [5.41, 5.74) is 0.219. The van der Waals surface area contributed by atoms with Crippen molar-refractivity contribution >= 4 is 60.5 Å². The fourth-order valence-electron chi connectivity index (χ4n) is 5.97. The molecule has 340 valence electrons. The van der Waals surface area contributed by atoms with Gasteiger partial charge in [0.25, 0.3) is 0 Å². The SMILES string of the molecule is Cc1ccccc1C[C@H](NC(=O)[C@H](CCC(=O)O)NC(=O)[C@H](CC(=O)O)NC(=O)CCC(=O)O)C(=O)N[C@H](C(=O)N[C@@H](CC(C)C)C(=O)N[C@@H](CCCF)B(O)O)C(C)(C)C. The van der Waals surface area contributed by atoms with E-state index in [1.807, 2.05) is 0 Å². The molecule has 0 aliphatic carbocycles. The van der Waals surface area contributed by atoms with Crippen LogP contribution in [0.25, 0.3) is 0 Å². The van der Waals surface area contributed by atoms with E-state index >= 15 is 0 Å². The predicted octanol–water partition coefficient (Wildman–Crippen LogP) is -0.495. The first-order chi connectivity index (χ1) is 28.4. The van der Waals surface area contributed by atoms with Gasteiger partial charge in [0.05, 0.1) is 25.5 Å². The average Bonchev–Trinajstić information content (AvgIpc) is 3.14. The number of carboxylic acids is 3. The van der Waals surface area contributed by atoms with Crippen molar-refractivity contribution in [3.8, 4) is 0 Å². The number of halogens is 1. The Hall–Kier alpha value is -5.64. The van der Waals surface area contributed by atoms with Gasteiger partial charge in [-0.1, -0.05) is 58.9 Å². The standard InChI is InChI=1S/C39H60BFN6O14/c1-21(2)18-25(36(57)46-28(40(60)61)12-9-17-41)45-38(59)33(39(4,5)6)47-37(58)26(19-23-11-8-7-10-22(23)3)44-34(55)24(13-15-30(49)50)43-35(56)27(20-32(53)54)42-29(48)14-16-31(51)52/h7-8,10-11,21,24-28,33,60-61H,9,12-20H2,1-6H3,(H,42,48)(H,43,56)(H,44,55)(H,45,59)(H,46,57)(H,47,58)(H,49,50)(H,51,52)(H,53,54)/t24-,25-,26-,27-,28-,33+/m0/s1. The third kappa shape index (κ3) is 20.5. The summed E-state index contributed by atoms with van der Waals surface area (Å²) >= 11 is 0. The summed E-state index contributed by atoms with van der Waals surface area (Å²) in [6, 6.07) is -0.850. The Morgan fingerprint density at radius 2 is 1.20 bits per heavy atom. The van der Waals surface area contributed by atoms with E-state index in [4.69, 9.17) is 5.11 Å². The molecule has 0 saturated carbocycles. The zero-order valence-corrected chi connectivity index (χ0v) is 35.3. The number of alkyl halides is 1. The van der Waals surface area contributed by atoms with E-state index in [-0.39, 0.29) is 31.6 Å². The van der Waals surface area contributed by atoms with Gasteiger partial charge in [-0.25, -0.2) is 0 Å². The monoisotopic (exact) mass is 866 g/mol. The van der Waals surface area contributed by atoms with Crippen molar-refractivity contribution in [3.63, 3.8) is 0 Å². The first kappa shape index (κ1) is 53.4. The molecule has 0 aliphatic heterocycles. The van der Waals surface area contributed by atoms with Gasteiger partial charge in [0.15, 0.2) is 0 Å². The van der Waals surface area contributed by atoms with Crippen molar-refractivity contribution in [2.24, 2.45) is 11.3 Å². The minimum atomic E-state index is -2.02. The van der Waals surface area contributed by atoms with Crippen LogP contribution in [0, 0.1) is 18.3 Å². The number of hydrogen-bond acceptors (Lipinski definition) is 11. The number of amides is 6. The minimum Gasteiger partial charge on any atom is -0.481 e. The lowest BCUT2D eigenvalue weighted by Crippen LogP contribution is -2.62. The third-order valence-corrected chi connectivity index (χ3v) is 9.29. The number of rotatable bonds is 27. The Kier molecular flexibility index (Phi) is 22.6. The van der Waals surface area contributed by atoms with Gasteiger partial charge in [0.1, 0.15) is 30.2 Å². The van der Waals surface area contributed by atoms with Crippen LogP contribution in [0.4, 0.5) is 4.39 Å². The molecular formula is C39H60BFN6O14. The maximum atomic E-state index is 14.2. The molecule has 0 bridgehead atoms. The van der Waals surface area contributed by atoms with E-state index in [1.165, 1.54) is 0 Å². The molecule has 11 N–H and O–H groups in total. The number of hydrogen-bond donors (Lipinski definition) is 11. The number of nitrogens with one attached hydrogen (secondary N) is 6. The summed E-state index contributed by atoms with van der Waals surface area (Å²) in [4.78, 5) is 115. The quantitative estimate of drug-likeness (QED) is 0.0497. The maximum absolute atomic E-state index is 14.2. The first-order valence-electron chi connectivity index (χ1n) is 19.8. The van der Waals surface area contributed by atoms with Crippen molar-refractivity contribution < 1.29 is 72.9 Å². The molecule has 0 radical (unpaired) electrons. The first-order valence-corrected chi connectivity index (χ1v) is 19.8. The van der Waals surface area contributed by atoms with E-state index < -0.39 is 141 Å². The van der Waals surface area contributed by atoms with Crippen LogP contribution in [0.3, 0.4) is 0 Å². The Bertz CT molecular complexity index is 1710. The van der Waals surface area contributed by atoms with E-state index in [1.54, 1.807) is 65.8 Å². The fraction of sp³-hybridized carbons (Fsp3) is 0.615. The van der Waals surface area contributed by atoms with Gasteiger partial charge >= 0.3 is 25.0 Å². The van der Waals surface area contributed by atoms with Gasteiger partial charge in [0, 0.05) is 19.3 Å². The van der Waals surface area contributed by atoms with E-state index in [0.29, 0.717) is 11.1 Å². The second-order valence-corrected chi connectivity index (χ2v) is 16.2. The predicted molar refractivity (Wildman–Crippen MR) is 217 cm³/mol. The summed E-state index contributed by atoms with van der Waals surface area (Å²) in [6.07, 6.45) is -3.77. The number of carboxylic acid groups (broad SMARTS) is 3. The molecule has 0 aliphatic rings. The van der Waals surface area contributed by atoms with Gasteiger partial charge in [-0.15, -0.1) is 0 Å². The molecule has 1 rings (SSSR count). The number of carbonyl (C=O) groups excluding carboxylic acids is 6. The number of aryl methyl sites for hydroxylation is 1. The van der Waals surface area contributed by atoms with Crippen LogP contribution in [-0.2, 0) is 49.6 Å². The Labute approximate surface area is 353 Å². The second-order valence-electron chi connectivity index (χ2n) is 16.2. The van der Waals surface area contributed by atoms with Crippen molar-refractivity contribution in [1.82, 2.24) is 31.9 Å². The summed E-state index contributed by atoms with van der Waals surface area (Å²) in [6.45, 7) is 9.35. The summed E-state index contributed by atoms with van der Waals surface area (Å²) in [7, 11) is -2.02. The number of carbonyl (C=O) groups is 9. The molecule has 22 heteroatoms. The molecule has 0 spiro atoms. The van der Waals surface area contributed by atoms with Crippen LogP contribution in [0.1, 0.15) is 97.1 Å². The zero-order valence-electron chi connectivity index (χ0n) is 35.3. The normalized spacial score (nSPS) is 14.2. The molecule has 6 atom stereocenters. The molecule has 0 heterocycles. The van der Waals surface area contributed by atoms with Gasteiger partial charge in [-0.3, -0.25) is 47.5 Å². The largest absolute Gasteiger partial charge is 0.481 e. The van der Waals surface area contributed by atoms with Crippen molar-refractivity contribution in [1.29, 1.82) is 0 Å². The highest BCUT2D eigenvalue weighted by Crippen LogP contribution is 2.21. The molecule has 61 heavy (non-hydrogen) atoms. The molecule has 0 unspecified atom stereocenters. The topological polar surface area (TPSA) is 327 Å². The summed E-state index contributed by atoms with van der Waals surface area (Å²) in [5.74, 6) is -11.5. The minimum absolute atomic E-state index is 0.0750. The molecule has 0 fully saturated rings. The second kappa shape index (κ2) is 25.9. The number of benzene rings is 1. The smallest absolute Gasteiger partial charge is 0.475 e. The summed E-state index contributed by atoms with van der Waals surface area (Å²) in [5, 5.41) is 61.8. The average molecular weight is 867 g/mol. The molecule has 0 aromatic heterocycles. The molecule has 20 nitrogen and oxygen atoms in total. The lowest BCUT2D eigenvalue weighted by molar-refractivity contribution is -0.142. The highest BCUT2D eigenvalue weighted by Gasteiger charge is 2.39. The van der Waals surface area contributed by atoms with Crippen LogP contribution < -0.4 is 31.9 Å². The van der Waals surface area contributed by atoms with Crippen LogP contribution in [0.15, 0.2) is 24.3 Å². The molecular weight excluding hydrogens is 806 g/mol. The van der Waals surface area contributed by atoms with E-state index in [0.717, 1.165) is 0 Å². The molecule has 1 aromatic rings. The van der Waals surface area contributed by atoms with Crippen LogP contribution in [0.5, 0.6) is 0 Å². The van der Waals surface area contributed by atoms with Gasteiger partial charge in [-0.05, 0) is 55.1 Å². The fourth-order valence-corrected chi connectivity index (χ4v) is 5.97. The van der Waals surface area contributed by atoms with Crippen LogP contribution in [0.2, 0.25) is 0 Å². The lowest BCUT2D eigenvalue weighted by Gasteiger charge is -2.34. The van der Waals surface area contributed by atoms with Crippen LogP contribution in [-0.4, -0.2) is 129 Å². The third-order valence-electron chi connectivity index (χ3n) is 9.29. The Balaban J connectivity index is 3.55. The highest BCUT2D eigenvalue weighted by atomic mass is 19.1. The van der Waals surface area contributed by atoms with Gasteiger partial charge in [0.2, 0.25) is 35.4 Å². The lowest BCUT2D eigenvalue weighted by atomic mass is 9.76. The molecule has 1 aromatic carbocycles. The molecule has 0 saturated heterocycles. The van der Waals surface area contributed by atoms with Crippen molar-refractivity contribution in [2.75, 3.05) is 6.67 Å².